The van der Waals surface area contributed by atoms with Crippen LogP contribution in [0, 0.1) is 0 Å². The van der Waals surface area contributed by atoms with Crippen molar-refractivity contribution in [2.24, 2.45) is 0 Å². The topological polar surface area (TPSA) is 0 Å². The van der Waals surface area contributed by atoms with Gasteiger partial charge in [0.05, 0.1) is 0 Å². The van der Waals surface area contributed by atoms with Gasteiger partial charge in [-0.05, 0) is 14.2 Å². The molecule has 0 spiro atoms. The van der Waals surface area contributed by atoms with E-state index in [0.29, 0.717) is 0 Å². The van der Waals surface area contributed by atoms with Crippen molar-refractivity contribution in [1.82, 2.24) is 0 Å². The van der Waals surface area contributed by atoms with Gasteiger partial charge in [0.25, 0.3) is 0 Å². The molecule has 0 heterocycles. The standard InChI is InChI=1S/C48H40Si4.2Li/c1-9-25-41(26-10-1)49(42-27-11-2-12-28-42)51(45-33-17-5-18-34-45,46-35-19-6-20-36-46)52(47-37-21-7-22-38-47,48-39-23-8-24-40-48)50(43-29-13-3-14-30-43)44-31-15-4-16-32-44;;/h1-40H;;/q-2;2*+1. The Hall–Kier alpha value is -4.18. The van der Waals surface area contributed by atoms with Crippen molar-refractivity contribution in [1.29, 1.82) is 0 Å². The van der Waals surface area contributed by atoms with Gasteiger partial charge in [-0.3, -0.25) is 0 Å². The normalized spacial score (nSPS) is 11.0. The molecule has 0 nitrogen and oxygen atoms in total. The van der Waals surface area contributed by atoms with E-state index in [1.54, 1.807) is 0 Å². The van der Waals surface area contributed by atoms with Gasteiger partial charge in [0, 0.05) is 0 Å². The van der Waals surface area contributed by atoms with Crippen LogP contribution in [-0.4, -0.2) is 30.8 Å². The molecule has 0 aliphatic rings. The summed E-state index contributed by atoms with van der Waals surface area (Å²) in [6, 6.07) is 93.9. The van der Waals surface area contributed by atoms with E-state index < -0.39 is 30.8 Å². The van der Waals surface area contributed by atoms with Crippen molar-refractivity contribution in [2.45, 2.75) is 0 Å². The zero-order chi connectivity index (χ0) is 35.1. The van der Waals surface area contributed by atoms with E-state index in [4.69, 9.17) is 0 Å². The SMILES string of the molecule is [Li+].[Li+].c1ccc([Si-](c2ccccc2)[Si](c2ccccc2)(c2ccccc2)[Si](c2ccccc2)(c2ccccc2)[Si-](c2ccccc2)c2ccccc2)cc1. The van der Waals surface area contributed by atoms with Crippen LogP contribution in [0.5, 0.6) is 0 Å². The second-order valence-corrected chi connectivity index (χ2v) is 37.3. The molecule has 6 heteroatoms. The molecule has 8 rings (SSSR count). The molecule has 54 heavy (non-hydrogen) atoms. The molecule has 8 aromatic carbocycles. The monoisotopic (exact) mass is 742 g/mol. The van der Waals surface area contributed by atoms with Crippen LogP contribution < -0.4 is 79.2 Å². The molecule has 8 aromatic rings. The summed E-state index contributed by atoms with van der Waals surface area (Å²) in [5.74, 6) is 0. The van der Waals surface area contributed by atoms with E-state index in [2.05, 4.69) is 243 Å². The summed E-state index contributed by atoms with van der Waals surface area (Å²) in [6.45, 7) is 0. The largest absolute Gasteiger partial charge is 1.00 e. The predicted molar refractivity (Wildman–Crippen MR) is 232 cm³/mol. The Kier molecular flexibility index (Phi) is 13.5. The number of rotatable bonds is 11. The molecule has 0 unspecified atom stereocenters. The van der Waals surface area contributed by atoms with Gasteiger partial charge in [0.1, 0.15) is 0 Å². The third-order valence-corrected chi connectivity index (χ3v) is 53.2. The zero-order valence-electron chi connectivity index (χ0n) is 31.1. The maximum absolute atomic E-state index is 3.06. The summed E-state index contributed by atoms with van der Waals surface area (Å²) in [5.41, 5.74) is 0. The first-order chi connectivity index (χ1) is 25.8. The fourth-order valence-corrected chi connectivity index (χ4v) is 66.1. The van der Waals surface area contributed by atoms with Gasteiger partial charge in [-0.15, -0.1) is 0 Å². The fourth-order valence-electron chi connectivity index (χ4n) is 8.52. The summed E-state index contributed by atoms with van der Waals surface area (Å²) in [6.07, 6.45) is 0. The Morgan fingerprint density at radius 3 is 0.519 bits per heavy atom. The molecule has 250 valence electrons. The van der Waals surface area contributed by atoms with Gasteiger partial charge in [-0.25, -0.2) is 16.6 Å². The Balaban J connectivity index is 0.00000249. The molecule has 0 N–H and O–H groups in total. The van der Waals surface area contributed by atoms with Gasteiger partial charge >= 0.3 is 37.7 Å². The van der Waals surface area contributed by atoms with E-state index in [9.17, 15) is 0 Å². The minimum atomic E-state index is -3.06. The summed E-state index contributed by atoms with van der Waals surface area (Å²) in [4.78, 5) is 0. The zero-order valence-corrected chi connectivity index (χ0v) is 35.1. The van der Waals surface area contributed by atoms with Crippen molar-refractivity contribution >= 4 is 72.3 Å². The van der Waals surface area contributed by atoms with E-state index in [1.807, 2.05) is 0 Å². The van der Waals surface area contributed by atoms with E-state index in [0.717, 1.165) is 0 Å². The second kappa shape index (κ2) is 18.4. The van der Waals surface area contributed by atoms with Gasteiger partial charge in [-0.1, -0.05) is 263 Å². The van der Waals surface area contributed by atoms with Crippen LogP contribution in [0.2, 0.25) is 0 Å². The summed E-state index contributed by atoms with van der Waals surface area (Å²) >= 11 is 0. The maximum atomic E-state index is 2.51. The van der Waals surface area contributed by atoms with Crippen molar-refractivity contribution in [2.75, 3.05) is 0 Å². The van der Waals surface area contributed by atoms with Crippen LogP contribution >= 0.6 is 0 Å². The van der Waals surface area contributed by atoms with Crippen molar-refractivity contribution in [3.8, 4) is 0 Å². The van der Waals surface area contributed by atoms with E-state index >= 15 is 0 Å². The Bertz CT molecular complexity index is 1960. The maximum Gasteiger partial charge on any atom is 1.00 e. The van der Waals surface area contributed by atoms with Gasteiger partial charge in [0.15, 0.2) is 0 Å². The molecule has 0 bridgehead atoms. The molecule has 0 aromatic heterocycles. The molecule has 0 aliphatic heterocycles. The Morgan fingerprint density at radius 2 is 0.352 bits per heavy atom. The fraction of sp³-hybridized carbons (Fsp3) is 0. The van der Waals surface area contributed by atoms with Crippen LogP contribution in [0.1, 0.15) is 0 Å². The smallest absolute Gasteiger partial charge is 0.243 e. The average Bonchev–Trinajstić information content (AvgIpc) is 3.24. The third kappa shape index (κ3) is 7.18. The Morgan fingerprint density at radius 1 is 0.204 bits per heavy atom. The van der Waals surface area contributed by atoms with Crippen molar-refractivity contribution in [3.63, 3.8) is 0 Å². The molecule has 0 saturated carbocycles. The van der Waals surface area contributed by atoms with Crippen molar-refractivity contribution in [3.05, 3.63) is 243 Å². The summed E-state index contributed by atoms with van der Waals surface area (Å²) < 4.78 is 0. The first-order valence-corrected chi connectivity index (χ1v) is 28.0. The number of hydrogen-bond acceptors (Lipinski definition) is 0. The van der Waals surface area contributed by atoms with E-state index in [-0.39, 0.29) is 37.7 Å². The van der Waals surface area contributed by atoms with Crippen LogP contribution in [0.15, 0.2) is 243 Å². The predicted octanol–water partition coefficient (Wildman–Crippen LogP) is -0.626. The molecule has 0 amide bonds. The van der Waals surface area contributed by atoms with Gasteiger partial charge in [-0.2, -0.15) is 20.7 Å². The van der Waals surface area contributed by atoms with Crippen LogP contribution in [0.3, 0.4) is 0 Å². The van der Waals surface area contributed by atoms with Crippen LogP contribution in [0.25, 0.3) is 0 Å². The van der Waals surface area contributed by atoms with Crippen molar-refractivity contribution < 1.29 is 37.7 Å². The third-order valence-electron chi connectivity index (χ3n) is 10.4. The number of benzene rings is 8. The quantitative estimate of drug-likeness (QED) is 0.155. The molecule has 0 aliphatic carbocycles. The van der Waals surface area contributed by atoms with Crippen LogP contribution in [-0.2, 0) is 0 Å². The van der Waals surface area contributed by atoms with Crippen LogP contribution in [0.4, 0.5) is 0 Å². The second-order valence-electron chi connectivity index (χ2n) is 13.2. The molecule has 0 saturated heterocycles. The summed E-state index contributed by atoms with van der Waals surface area (Å²) in [5, 5.41) is 12.0. The van der Waals surface area contributed by atoms with Gasteiger partial charge in [0.2, 0.25) is 0 Å². The first-order valence-electron chi connectivity index (χ1n) is 18.0. The average molecular weight is 743 g/mol. The minimum Gasteiger partial charge on any atom is -0.243 e. The van der Waals surface area contributed by atoms with Gasteiger partial charge < -0.3 is 0 Å². The molecular formula is C48H40Li2Si4. The minimum absolute atomic E-state index is 0. The summed E-state index contributed by atoms with van der Waals surface area (Å²) in [7, 11) is -9.30. The Labute approximate surface area is 350 Å². The molecular weight excluding hydrogens is 703 g/mol. The molecule has 0 radical (unpaired) electrons. The van der Waals surface area contributed by atoms with E-state index in [1.165, 1.54) is 41.5 Å². The number of hydrogen-bond donors (Lipinski definition) is 0. The molecule has 0 atom stereocenters. The molecule has 0 fully saturated rings. The first kappa shape index (κ1) is 39.5.